The summed E-state index contributed by atoms with van der Waals surface area (Å²) in [5, 5.41) is 10.2. The van der Waals surface area contributed by atoms with Gasteiger partial charge in [0.1, 0.15) is 0 Å². The molecule has 0 saturated heterocycles. The van der Waals surface area contributed by atoms with Gasteiger partial charge in [-0.3, -0.25) is 0 Å². The second-order valence-electron chi connectivity index (χ2n) is 9.00. The van der Waals surface area contributed by atoms with Gasteiger partial charge in [-0.1, -0.05) is 109 Å². The summed E-state index contributed by atoms with van der Waals surface area (Å²) in [5.74, 6) is 0. The Morgan fingerprint density at radius 2 is 0.829 bits per heavy atom. The summed E-state index contributed by atoms with van der Waals surface area (Å²) in [7, 11) is 0. The normalized spacial score (nSPS) is 11.4. The maximum Gasteiger partial charge on any atom is 0.0552 e. The molecule has 0 saturated carbocycles. The van der Waals surface area contributed by atoms with Crippen LogP contribution in [-0.4, -0.2) is 0 Å². The highest BCUT2D eigenvalue weighted by Gasteiger charge is 2.19. The summed E-state index contributed by atoms with van der Waals surface area (Å²) in [4.78, 5) is 2.39. The van der Waals surface area contributed by atoms with Gasteiger partial charge in [0.25, 0.3) is 0 Å². The van der Waals surface area contributed by atoms with Crippen molar-refractivity contribution < 1.29 is 0 Å². The number of fused-ring (bicyclic) bond motifs is 7. The molecular weight excluding hydrogens is 422 g/mol. The molecule has 0 N–H and O–H groups in total. The van der Waals surface area contributed by atoms with Crippen LogP contribution in [0.25, 0.3) is 43.1 Å². The van der Waals surface area contributed by atoms with Crippen LogP contribution in [0.15, 0.2) is 140 Å². The Labute approximate surface area is 204 Å². The molecule has 0 aliphatic heterocycles. The quantitative estimate of drug-likeness (QED) is 0.245. The number of para-hydroxylation sites is 2. The highest BCUT2D eigenvalue weighted by Crippen LogP contribution is 2.45. The van der Waals surface area contributed by atoms with E-state index < -0.39 is 0 Å². The molecule has 1 heteroatoms. The molecule has 0 amide bonds. The summed E-state index contributed by atoms with van der Waals surface area (Å²) in [6.45, 7) is 0. The van der Waals surface area contributed by atoms with Gasteiger partial charge in [-0.05, 0) is 68.0 Å². The summed E-state index contributed by atoms with van der Waals surface area (Å²) in [5.41, 5.74) is 3.48. The summed E-state index contributed by atoms with van der Waals surface area (Å²) in [6.07, 6.45) is 0. The maximum absolute atomic E-state index is 2.39. The molecule has 0 aliphatic carbocycles. The highest BCUT2D eigenvalue weighted by atomic mass is 15.1. The number of rotatable bonds is 3. The van der Waals surface area contributed by atoms with Crippen molar-refractivity contribution in [3.8, 4) is 0 Å². The molecule has 0 aromatic heterocycles. The first-order valence-corrected chi connectivity index (χ1v) is 12.0. The maximum atomic E-state index is 2.39. The number of benzene rings is 7. The van der Waals surface area contributed by atoms with Crippen LogP contribution in [-0.2, 0) is 0 Å². The minimum absolute atomic E-state index is 1.15. The Bertz CT molecular complexity index is 1800. The van der Waals surface area contributed by atoms with Crippen molar-refractivity contribution in [3.63, 3.8) is 0 Å². The van der Waals surface area contributed by atoms with Gasteiger partial charge in [0, 0.05) is 16.8 Å². The monoisotopic (exact) mass is 445 g/mol. The molecule has 0 aliphatic rings. The van der Waals surface area contributed by atoms with Gasteiger partial charge in [-0.15, -0.1) is 0 Å². The van der Waals surface area contributed by atoms with E-state index in [0.29, 0.717) is 0 Å². The average Bonchev–Trinajstić information content (AvgIpc) is 2.94. The Morgan fingerprint density at radius 3 is 1.46 bits per heavy atom. The lowest BCUT2D eigenvalue weighted by atomic mass is 9.92. The predicted molar refractivity (Wildman–Crippen MR) is 151 cm³/mol. The van der Waals surface area contributed by atoms with E-state index in [1.807, 2.05) is 0 Å². The Morgan fingerprint density at radius 1 is 0.343 bits per heavy atom. The second kappa shape index (κ2) is 8.00. The van der Waals surface area contributed by atoms with Crippen LogP contribution in [0, 0.1) is 0 Å². The van der Waals surface area contributed by atoms with Crippen LogP contribution in [0.2, 0.25) is 0 Å². The van der Waals surface area contributed by atoms with E-state index in [9.17, 15) is 0 Å². The van der Waals surface area contributed by atoms with Gasteiger partial charge in [0.15, 0.2) is 0 Å². The molecule has 7 rings (SSSR count). The standard InChI is InChI=1S/C34H23N/c1-3-13-27(14-4-1)35(28-15-5-2-6-16-28)32-23-26-20-19-24-11-7-9-17-29(24)33(26)31-22-21-25-12-8-10-18-30(25)34(31)32/h1-23H. The average molecular weight is 446 g/mol. The Hall–Kier alpha value is -4.62. The highest BCUT2D eigenvalue weighted by molar-refractivity contribution is 6.28. The lowest BCUT2D eigenvalue weighted by molar-refractivity contribution is 1.30. The van der Waals surface area contributed by atoms with Crippen LogP contribution in [0.1, 0.15) is 0 Å². The third kappa shape index (κ3) is 3.17. The van der Waals surface area contributed by atoms with Crippen molar-refractivity contribution in [1.82, 2.24) is 0 Å². The summed E-state index contributed by atoms with van der Waals surface area (Å²) >= 11 is 0. The molecule has 35 heavy (non-hydrogen) atoms. The molecule has 1 nitrogen and oxygen atoms in total. The Balaban J connectivity index is 1.70. The van der Waals surface area contributed by atoms with Crippen molar-refractivity contribution in [2.45, 2.75) is 0 Å². The van der Waals surface area contributed by atoms with Crippen molar-refractivity contribution in [2.24, 2.45) is 0 Å². The zero-order chi connectivity index (χ0) is 23.2. The first kappa shape index (κ1) is 19.8. The van der Waals surface area contributed by atoms with Crippen molar-refractivity contribution in [1.29, 1.82) is 0 Å². The first-order valence-electron chi connectivity index (χ1n) is 12.0. The molecule has 0 bridgehead atoms. The molecule has 0 spiro atoms. The molecule has 0 atom stereocenters. The van der Waals surface area contributed by atoms with Crippen LogP contribution >= 0.6 is 0 Å². The zero-order valence-electron chi connectivity index (χ0n) is 19.2. The number of hydrogen-bond donors (Lipinski definition) is 0. The van der Waals surface area contributed by atoms with Crippen LogP contribution in [0.3, 0.4) is 0 Å². The summed E-state index contributed by atoms with van der Waals surface area (Å²) < 4.78 is 0. The third-order valence-electron chi connectivity index (χ3n) is 6.98. The van der Waals surface area contributed by atoms with Crippen LogP contribution in [0.4, 0.5) is 17.1 Å². The second-order valence-corrected chi connectivity index (χ2v) is 9.00. The molecule has 0 radical (unpaired) electrons. The first-order chi connectivity index (χ1) is 17.4. The fourth-order valence-electron chi connectivity index (χ4n) is 5.44. The Kier molecular flexibility index (Phi) is 4.53. The number of nitrogens with zero attached hydrogens (tertiary/aromatic N) is 1. The molecule has 0 unspecified atom stereocenters. The molecule has 7 aromatic carbocycles. The zero-order valence-corrected chi connectivity index (χ0v) is 19.2. The van der Waals surface area contributed by atoms with Crippen molar-refractivity contribution >= 4 is 60.2 Å². The largest absolute Gasteiger partial charge is 0.310 e. The molecular formula is C34H23N. The molecule has 0 fully saturated rings. The predicted octanol–water partition coefficient (Wildman–Crippen LogP) is 9.77. The lowest BCUT2D eigenvalue weighted by Crippen LogP contribution is -2.10. The SMILES string of the molecule is c1ccc(N(c2ccccc2)c2cc3ccc4ccccc4c3c3ccc4ccccc4c23)cc1. The molecule has 164 valence electrons. The van der Waals surface area contributed by atoms with Gasteiger partial charge in [-0.2, -0.15) is 0 Å². The van der Waals surface area contributed by atoms with Crippen LogP contribution in [0.5, 0.6) is 0 Å². The van der Waals surface area contributed by atoms with Crippen LogP contribution < -0.4 is 4.90 Å². The summed E-state index contributed by atoms with van der Waals surface area (Å²) in [6, 6.07) is 50.3. The van der Waals surface area contributed by atoms with Gasteiger partial charge in [0.2, 0.25) is 0 Å². The topological polar surface area (TPSA) is 3.24 Å². The van der Waals surface area contributed by atoms with E-state index in [-0.39, 0.29) is 0 Å². The van der Waals surface area contributed by atoms with Gasteiger partial charge >= 0.3 is 0 Å². The van der Waals surface area contributed by atoms with Gasteiger partial charge < -0.3 is 4.90 Å². The number of anilines is 3. The van der Waals surface area contributed by atoms with E-state index in [0.717, 1.165) is 11.4 Å². The van der Waals surface area contributed by atoms with Crippen molar-refractivity contribution in [2.75, 3.05) is 4.90 Å². The molecule has 7 aromatic rings. The number of hydrogen-bond acceptors (Lipinski definition) is 1. The minimum atomic E-state index is 1.15. The van der Waals surface area contributed by atoms with E-state index in [1.165, 1.54) is 48.8 Å². The third-order valence-corrected chi connectivity index (χ3v) is 6.98. The van der Waals surface area contributed by atoms with E-state index in [1.54, 1.807) is 0 Å². The lowest BCUT2D eigenvalue weighted by Gasteiger charge is -2.28. The van der Waals surface area contributed by atoms with E-state index in [4.69, 9.17) is 0 Å². The van der Waals surface area contributed by atoms with Gasteiger partial charge in [-0.25, -0.2) is 0 Å². The van der Waals surface area contributed by atoms with E-state index >= 15 is 0 Å². The molecule has 0 heterocycles. The smallest absolute Gasteiger partial charge is 0.0552 e. The van der Waals surface area contributed by atoms with Gasteiger partial charge in [0.05, 0.1) is 5.69 Å². The fraction of sp³-hybridized carbons (Fsp3) is 0. The fourth-order valence-corrected chi connectivity index (χ4v) is 5.44. The minimum Gasteiger partial charge on any atom is -0.310 e. The van der Waals surface area contributed by atoms with Crippen molar-refractivity contribution in [3.05, 3.63) is 140 Å². The van der Waals surface area contributed by atoms with E-state index in [2.05, 4.69) is 144 Å².